The maximum absolute atomic E-state index is 12.9. The summed E-state index contributed by atoms with van der Waals surface area (Å²) in [5.41, 5.74) is 4.09. The van der Waals surface area contributed by atoms with Crippen LogP contribution >= 0.6 is 23.2 Å². The van der Waals surface area contributed by atoms with Gasteiger partial charge in [0.25, 0.3) is 5.91 Å². The smallest absolute Gasteiger partial charge is 0.258 e. The van der Waals surface area contributed by atoms with E-state index in [2.05, 4.69) is 10.4 Å². The van der Waals surface area contributed by atoms with E-state index in [1.54, 1.807) is 10.7 Å². The molecule has 0 saturated heterocycles. The van der Waals surface area contributed by atoms with E-state index in [9.17, 15) is 13.2 Å². The molecule has 0 bridgehead atoms. The lowest BCUT2D eigenvalue weighted by atomic mass is 10.1. The van der Waals surface area contributed by atoms with Crippen LogP contribution in [0.4, 0.5) is 5.82 Å². The summed E-state index contributed by atoms with van der Waals surface area (Å²) in [6.07, 6.45) is 0. The number of amides is 1. The number of carbonyl (C=O) groups excluding carboxylic acids is 1. The topological polar surface area (TPSA) is 81.1 Å². The van der Waals surface area contributed by atoms with Crippen LogP contribution in [-0.2, 0) is 21.3 Å². The van der Waals surface area contributed by atoms with Gasteiger partial charge in [0.15, 0.2) is 9.84 Å². The van der Waals surface area contributed by atoms with Crippen molar-refractivity contribution in [2.45, 2.75) is 25.4 Å². The molecule has 0 radical (unpaired) electrons. The molecule has 6 nitrogen and oxygen atoms in total. The molecule has 150 valence electrons. The van der Waals surface area contributed by atoms with Crippen LogP contribution in [-0.4, -0.2) is 24.1 Å². The fraction of sp³-hybridized carbons (Fsp3) is 0.200. The summed E-state index contributed by atoms with van der Waals surface area (Å²) in [5, 5.41) is 7.91. The second-order valence-corrected chi connectivity index (χ2v) is 9.97. The fourth-order valence-electron chi connectivity index (χ4n) is 3.26. The van der Waals surface area contributed by atoms with E-state index in [0.29, 0.717) is 22.1 Å². The lowest BCUT2D eigenvalue weighted by Crippen LogP contribution is -2.17. The van der Waals surface area contributed by atoms with E-state index in [-0.39, 0.29) is 22.1 Å². The Morgan fingerprint density at radius 2 is 1.83 bits per heavy atom. The predicted molar refractivity (Wildman–Crippen MR) is 114 cm³/mol. The van der Waals surface area contributed by atoms with Crippen LogP contribution in [0.3, 0.4) is 0 Å². The van der Waals surface area contributed by atoms with E-state index < -0.39 is 15.7 Å². The van der Waals surface area contributed by atoms with Crippen molar-refractivity contribution in [3.8, 4) is 5.69 Å². The van der Waals surface area contributed by atoms with E-state index in [0.717, 1.165) is 16.8 Å². The van der Waals surface area contributed by atoms with Crippen LogP contribution in [0.2, 0.25) is 10.0 Å². The molecular weight excluding hydrogens is 433 g/mol. The van der Waals surface area contributed by atoms with Crippen LogP contribution in [0, 0.1) is 13.8 Å². The number of hydrogen-bond donors (Lipinski definition) is 1. The van der Waals surface area contributed by atoms with Crippen molar-refractivity contribution in [2.75, 3.05) is 5.32 Å². The Kier molecular flexibility index (Phi) is 4.93. The highest BCUT2D eigenvalue weighted by Crippen LogP contribution is 2.34. The maximum Gasteiger partial charge on any atom is 0.258 e. The van der Waals surface area contributed by atoms with E-state index in [1.165, 1.54) is 12.1 Å². The largest absolute Gasteiger partial charge is 0.306 e. The van der Waals surface area contributed by atoms with Gasteiger partial charge >= 0.3 is 0 Å². The van der Waals surface area contributed by atoms with Gasteiger partial charge in [-0.05, 0) is 55.3 Å². The monoisotopic (exact) mass is 449 g/mol. The van der Waals surface area contributed by atoms with Crippen LogP contribution in [0.1, 0.15) is 32.7 Å². The second kappa shape index (κ2) is 7.16. The molecule has 0 fully saturated rings. The first-order valence-corrected chi connectivity index (χ1v) is 11.4. The van der Waals surface area contributed by atoms with Crippen molar-refractivity contribution in [3.05, 3.63) is 74.4 Å². The molecule has 0 saturated carbocycles. The molecule has 0 spiro atoms. The molecule has 2 heterocycles. The number of fused-ring (bicyclic) bond motifs is 1. The Morgan fingerprint density at radius 1 is 1.07 bits per heavy atom. The minimum atomic E-state index is -3.28. The quantitative estimate of drug-likeness (QED) is 0.638. The first-order valence-electron chi connectivity index (χ1n) is 8.80. The number of anilines is 1. The number of aromatic nitrogens is 2. The lowest BCUT2D eigenvalue weighted by Gasteiger charge is -2.13. The molecule has 1 amide bonds. The molecule has 9 heteroatoms. The van der Waals surface area contributed by atoms with Gasteiger partial charge in [0.1, 0.15) is 5.82 Å². The lowest BCUT2D eigenvalue weighted by molar-refractivity contribution is 0.102. The van der Waals surface area contributed by atoms with Gasteiger partial charge in [0.2, 0.25) is 0 Å². The summed E-state index contributed by atoms with van der Waals surface area (Å²) in [7, 11) is -3.28. The van der Waals surface area contributed by atoms with Crippen LogP contribution < -0.4 is 5.32 Å². The summed E-state index contributed by atoms with van der Waals surface area (Å²) < 4.78 is 25.8. The molecule has 1 aliphatic rings. The van der Waals surface area contributed by atoms with Crippen LogP contribution in [0.25, 0.3) is 5.69 Å². The summed E-state index contributed by atoms with van der Waals surface area (Å²) >= 11 is 12.1. The van der Waals surface area contributed by atoms with E-state index >= 15 is 0 Å². The number of nitrogens with zero attached hydrogens (tertiary/aromatic N) is 2. The van der Waals surface area contributed by atoms with Gasteiger partial charge in [-0.25, -0.2) is 13.1 Å². The van der Waals surface area contributed by atoms with Gasteiger partial charge < -0.3 is 5.32 Å². The van der Waals surface area contributed by atoms with Crippen molar-refractivity contribution in [3.63, 3.8) is 0 Å². The highest BCUT2D eigenvalue weighted by Gasteiger charge is 2.33. The van der Waals surface area contributed by atoms with Gasteiger partial charge in [-0.1, -0.05) is 29.3 Å². The zero-order valence-corrected chi connectivity index (χ0v) is 18.0. The molecule has 1 aliphatic heterocycles. The molecule has 1 aromatic heterocycles. The summed E-state index contributed by atoms with van der Waals surface area (Å²) in [4.78, 5) is 12.9. The van der Waals surface area contributed by atoms with Crippen molar-refractivity contribution in [1.82, 2.24) is 9.78 Å². The van der Waals surface area contributed by atoms with Gasteiger partial charge in [0.05, 0.1) is 33.5 Å². The first kappa shape index (κ1) is 19.9. The number of aryl methyl sites for hydroxylation is 2. The Morgan fingerprint density at radius 3 is 2.52 bits per heavy atom. The Balaban J connectivity index is 1.80. The van der Waals surface area contributed by atoms with Crippen molar-refractivity contribution < 1.29 is 13.2 Å². The van der Waals surface area contributed by atoms with Crippen LogP contribution in [0.5, 0.6) is 0 Å². The minimum absolute atomic E-state index is 0.148. The third kappa shape index (κ3) is 3.77. The van der Waals surface area contributed by atoms with Gasteiger partial charge in [-0.3, -0.25) is 4.79 Å². The molecule has 0 atom stereocenters. The van der Waals surface area contributed by atoms with Gasteiger partial charge in [0, 0.05) is 10.6 Å². The Hall–Kier alpha value is -2.35. The number of halogens is 2. The Labute approximate surface area is 178 Å². The number of hydrogen-bond acceptors (Lipinski definition) is 4. The summed E-state index contributed by atoms with van der Waals surface area (Å²) in [5.74, 6) is -0.453. The van der Waals surface area contributed by atoms with E-state index in [4.69, 9.17) is 23.2 Å². The maximum atomic E-state index is 12.9. The minimum Gasteiger partial charge on any atom is -0.306 e. The number of rotatable bonds is 3. The molecule has 1 N–H and O–H groups in total. The fourth-order valence-corrected chi connectivity index (χ4v) is 5.25. The molecule has 4 rings (SSSR count). The van der Waals surface area contributed by atoms with Crippen molar-refractivity contribution in [2.24, 2.45) is 0 Å². The van der Waals surface area contributed by atoms with Gasteiger partial charge in [-0.15, -0.1) is 0 Å². The predicted octanol–water partition coefficient (Wildman–Crippen LogP) is 4.48. The van der Waals surface area contributed by atoms with Crippen molar-refractivity contribution >= 4 is 44.8 Å². The zero-order valence-electron chi connectivity index (χ0n) is 15.7. The second-order valence-electron chi connectivity index (χ2n) is 7.06. The molecule has 29 heavy (non-hydrogen) atoms. The highest BCUT2D eigenvalue weighted by molar-refractivity contribution is 7.90. The first-order chi connectivity index (χ1) is 13.6. The Bertz CT molecular complexity index is 1270. The molecule has 3 aromatic rings. The molecular formula is C20H17Cl2N3O3S. The summed E-state index contributed by atoms with van der Waals surface area (Å²) in [6.45, 7) is 3.98. The zero-order chi connectivity index (χ0) is 20.9. The number of nitrogens with one attached hydrogen (secondary N) is 1. The van der Waals surface area contributed by atoms with Crippen LogP contribution in [0.15, 0.2) is 36.4 Å². The average molecular weight is 450 g/mol. The highest BCUT2D eigenvalue weighted by atomic mass is 35.5. The third-order valence-electron chi connectivity index (χ3n) is 4.93. The van der Waals surface area contributed by atoms with E-state index in [1.807, 2.05) is 32.0 Å². The van der Waals surface area contributed by atoms with Gasteiger partial charge in [-0.2, -0.15) is 5.10 Å². The van der Waals surface area contributed by atoms with Crippen molar-refractivity contribution in [1.29, 1.82) is 0 Å². The SMILES string of the molecule is Cc1ccc(-n2nc3c(c2NC(=O)c2ccc(Cl)cc2Cl)CS(=O)(=O)C3)cc1C. The summed E-state index contributed by atoms with van der Waals surface area (Å²) in [6, 6.07) is 10.3. The number of sulfone groups is 1. The number of carbonyl (C=O) groups is 1. The molecule has 0 aliphatic carbocycles. The standard InChI is InChI=1S/C20H17Cl2N3O3S/c1-11-3-5-14(7-12(11)2)25-19(16-9-29(27,28)10-18(16)24-25)23-20(26)15-6-4-13(21)8-17(15)22/h3-8H,9-10H2,1-2H3,(H,23,26). The third-order valence-corrected chi connectivity index (χ3v) is 6.92. The average Bonchev–Trinajstić information content (AvgIpc) is 3.10. The molecule has 2 aromatic carbocycles. The molecule has 0 unspecified atom stereocenters. The number of benzene rings is 2. The normalized spacial score (nSPS) is 14.6.